The van der Waals surface area contributed by atoms with Gasteiger partial charge in [0.05, 0.1) is 22.0 Å². The lowest BCUT2D eigenvalue weighted by Crippen LogP contribution is -2.00. The highest BCUT2D eigenvalue weighted by Gasteiger charge is 2.15. The van der Waals surface area contributed by atoms with Gasteiger partial charge in [0, 0.05) is 6.20 Å². The molecule has 2 aromatic rings. The van der Waals surface area contributed by atoms with Gasteiger partial charge in [0.15, 0.2) is 5.65 Å². The van der Waals surface area contributed by atoms with Crippen molar-refractivity contribution in [2.75, 3.05) is 0 Å². The normalized spacial score (nSPS) is 13.4. The number of fused-ring (bicyclic) bond motifs is 1. The summed E-state index contributed by atoms with van der Waals surface area (Å²) in [5.74, 6) is -0.367. The van der Waals surface area contributed by atoms with Gasteiger partial charge in [-0.05, 0) is 35.8 Å². The molecule has 15 heavy (non-hydrogen) atoms. The molecule has 2 rings (SSSR count). The highest BCUT2D eigenvalue weighted by atomic mass is 79.9. The molecule has 0 aromatic carbocycles. The lowest BCUT2D eigenvalue weighted by atomic mass is 10.2. The van der Waals surface area contributed by atoms with Crippen LogP contribution in [-0.4, -0.2) is 14.5 Å². The number of hydrogen-bond donors (Lipinski definition) is 1. The minimum absolute atomic E-state index is 0.367. The molecule has 3 nitrogen and oxygen atoms in total. The summed E-state index contributed by atoms with van der Waals surface area (Å²) in [5, 5.41) is 9.57. The Balaban J connectivity index is 2.86. The zero-order chi connectivity index (χ0) is 11.2. The van der Waals surface area contributed by atoms with Crippen LogP contribution in [0.25, 0.3) is 5.65 Å². The van der Waals surface area contributed by atoms with Gasteiger partial charge in [-0.15, -0.1) is 0 Å². The first-order valence-electron chi connectivity index (χ1n) is 4.52. The molecule has 0 saturated carbocycles. The molecule has 2 aromatic heterocycles. The van der Waals surface area contributed by atoms with Crippen LogP contribution < -0.4 is 0 Å². The number of nitrogens with zero attached hydrogens (tertiary/aromatic N) is 2. The minimum Gasteiger partial charge on any atom is -0.387 e. The van der Waals surface area contributed by atoms with E-state index in [0.717, 1.165) is 0 Å². The van der Waals surface area contributed by atoms with E-state index in [1.54, 1.807) is 18.2 Å². The van der Waals surface area contributed by atoms with Crippen molar-refractivity contribution in [3.8, 4) is 0 Å². The molecule has 1 unspecified atom stereocenters. The van der Waals surface area contributed by atoms with E-state index in [1.165, 1.54) is 12.3 Å². The summed E-state index contributed by atoms with van der Waals surface area (Å²) in [4.78, 5) is 4.26. The van der Waals surface area contributed by atoms with Crippen molar-refractivity contribution in [2.45, 2.75) is 20.0 Å². The minimum atomic E-state index is -0.673. The average Bonchev–Trinajstić information content (AvgIpc) is 2.41. The van der Waals surface area contributed by atoms with Crippen molar-refractivity contribution in [3.05, 3.63) is 33.9 Å². The number of imidazole rings is 1. The summed E-state index contributed by atoms with van der Waals surface area (Å²) < 4.78 is 15.3. The van der Waals surface area contributed by atoms with E-state index in [1.807, 2.05) is 0 Å². The molecular weight excluding hydrogens is 263 g/mol. The van der Waals surface area contributed by atoms with Gasteiger partial charge < -0.3 is 5.11 Å². The molecule has 0 spiro atoms. The number of aliphatic hydroxyl groups excluding tert-OH is 1. The van der Waals surface area contributed by atoms with Crippen molar-refractivity contribution < 1.29 is 9.50 Å². The topological polar surface area (TPSA) is 37.5 Å². The second-order valence-corrected chi connectivity index (χ2v) is 4.31. The largest absolute Gasteiger partial charge is 0.387 e. The van der Waals surface area contributed by atoms with Gasteiger partial charge in [-0.1, -0.05) is 0 Å². The van der Waals surface area contributed by atoms with E-state index in [9.17, 15) is 9.50 Å². The molecule has 80 valence electrons. The molecule has 0 bridgehead atoms. The Morgan fingerprint density at radius 2 is 2.27 bits per heavy atom. The summed E-state index contributed by atoms with van der Waals surface area (Å²) in [5.41, 5.74) is 1.94. The molecule has 0 aliphatic heterocycles. The Kier molecular flexibility index (Phi) is 2.52. The molecule has 0 fully saturated rings. The maximum Gasteiger partial charge on any atom is 0.151 e. The van der Waals surface area contributed by atoms with E-state index in [-0.39, 0.29) is 5.82 Å². The number of hydrogen-bond acceptors (Lipinski definition) is 2. The quantitative estimate of drug-likeness (QED) is 0.867. The van der Waals surface area contributed by atoms with E-state index in [2.05, 4.69) is 20.9 Å². The molecule has 0 aliphatic carbocycles. The first-order valence-corrected chi connectivity index (χ1v) is 5.31. The van der Waals surface area contributed by atoms with Gasteiger partial charge in [-0.3, -0.25) is 4.40 Å². The average molecular weight is 273 g/mol. The molecule has 0 radical (unpaired) electrons. The zero-order valence-electron chi connectivity index (χ0n) is 8.33. The van der Waals surface area contributed by atoms with Crippen molar-refractivity contribution >= 4 is 21.6 Å². The Labute approximate surface area is 94.7 Å². The van der Waals surface area contributed by atoms with Crippen molar-refractivity contribution in [3.63, 3.8) is 0 Å². The molecule has 0 aliphatic rings. The first-order chi connectivity index (χ1) is 7.00. The summed E-state index contributed by atoms with van der Waals surface area (Å²) in [7, 11) is 0. The van der Waals surface area contributed by atoms with Crippen molar-refractivity contribution in [1.29, 1.82) is 0 Å². The SMILES string of the molecule is Cc1nc2c(Br)cc(F)cn2c1C(C)O. The van der Waals surface area contributed by atoms with Crippen LogP contribution in [0.1, 0.15) is 24.4 Å². The Morgan fingerprint density at radius 3 is 2.87 bits per heavy atom. The fourth-order valence-electron chi connectivity index (χ4n) is 1.71. The van der Waals surface area contributed by atoms with Crippen LogP contribution in [-0.2, 0) is 0 Å². The van der Waals surface area contributed by atoms with Crippen LogP contribution in [0.5, 0.6) is 0 Å². The third kappa shape index (κ3) is 1.66. The summed E-state index contributed by atoms with van der Waals surface area (Å²) in [6.07, 6.45) is 0.649. The van der Waals surface area contributed by atoms with Crippen LogP contribution in [0.15, 0.2) is 16.7 Å². The van der Waals surface area contributed by atoms with Crippen molar-refractivity contribution in [2.24, 2.45) is 0 Å². The first kappa shape index (κ1) is 10.6. The molecule has 5 heteroatoms. The smallest absolute Gasteiger partial charge is 0.151 e. The molecule has 1 atom stereocenters. The predicted molar refractivity (Wildman–Crippen MR) is 58.2 cm³/mol. The number of rotatable bonds is 1. The third-order valence-electron chi connectivity index (χ3n) is 2.26. The van der Waals surface area contributed by atoms with Gasteiger partial charge in [-0.25, -0.2) is 9.37 Å². The summed E-state index contributed by atoms with van der Waals surface area (Å²) in [6, 6.07) is 1.35. The van der Waals surface area contributed by atoms with E-state index in [0.29, 0.717) is 21.5 Å². The van der Waals surface area contributed by atoms with Crippen molar-refractivity contribution in [1.82, 2.24) is 9.38 Å². The fourth-order valence-corrected chi connectivity index (χ4v) is 2.21. The number of aryl methyl sites for hydroxylation is 1. The van der Waals surface area contributed by atoms with Gasteiger partial charge in [-0.2, -0.15) is 0 Å². The van der Waals surface area contributed by atoms with Gasteiger partial charge in [0.1, 0.15) is 5.82 Å². The standard InChI is InChI=1S/C10H10BrFN2O/c1-5-9(6(2)15)14-4-7(12)3-8(11)10(14)13-5/h3-4,6,15H,1-2H3. The third-order valence-corrected chi connectivity index (χ3v) is 2.84. The second-order valence-electron chi connectivity index (χ2n) is 3.46. The van der Waals surface area contributed by atoms with Crippen LogP contribution in [0, 0.1) is 12.7 Å². The molecule has 0 amide bonds. The second kappa shape index (κ2) is 3.57. The van der Waals surface area contributed by atoms with E-state index in [4.69, 9.17) is 0 Å². The highest BCUT2D eigenvalue weighted by molar-refractivity contribution is 9.10. The van der Waals surface area contributed by atoms with E-state index >= 15 is 0 Å². The molecule has 2 heterocycles. The summed E-state index contributed by atoms with van der Waals surface area (Å²) in [6.45, 7) is 3.43. The van der Waals surface area contributed by atoms with Gasteiger partial charge >= 0.3 is 0 Å². The fraction of sp³-hybridized carbons (Fsp3) is 0.300. The molecular formula is C10H10BrFN2O. The number of halogens is 2. The number of pyridine rings is 1. The molecule has 0 saturated heterocycles. The van der Waals surface area contributed by atoms with Crippen LogP contribution >= 0.6 is 15.9 Å². The number of aromatic nitrogens is 2. The highest BCUT2D eigenvalue weighted by Crippen LogP contribution is 2.25. The zero-order valence-corrected chi connectivity index (χ0v) is 9.92. The Bertz CT molecular complexity index is 522. The summed E-state index contributed by atoms with van der Waals surface area (Å²) >= 11 is 3.24. The maximum atomic E-state index is 13.2. The van der Waals surface area contributed by atoms with Gasteiger partial charge in [0.25, 0.3) is 0 Å². The van der Waals surface area contributed by atoms with Gasteiger partial charge in [0.2, 0.25) is 0 Å². The lowest BCUT2D eigenvalue weighted by Gasteiger charge is -2.06. The van der Waals surface area contributed by atoms with Crippen LogP contribution in [0.2, 0.25) is 0 Å². The maximum absolute atomic E-state index is 13.2. The Morgan fingerprint density at radius 1 is 1.60 bits per heavy atom. The van der Waals surface area contributed by atoms with E-state index < -0.39 is 6.10 Å². The molecule has 1 N–H and O–H groups in total. The lowest BCUT2D eigenvalue weighted by molar-refractivity contribution is 0.192. The van der Waals surface area contributed by atoms with Crippen LogP contribution in [0.4, 0.5) is 4.39 Å². The predicted octanol–water partition coefficient (Wildman–Crippen LogP) is 2.60. The van der Waals surface area contributed by atoms with Crippen LogP contribution in [0.3, 0.4) is 0 Å². The number of aliphatic hydroxyl groups is 1. The monoisotopic (exact) mass is 272 g/mol. The Hall–Kier alpha value is -0.940.